The molecule has 2 heteroatoms. The van der Waals surface area contributed by atoms with Crippen LogP contribution in [-0.4, -0.2) is 5.11 Å². The van der Waals surface area contributed by atoms with Crippen molar-refractivity contribution in [1.29, 1.82) is 0 Å². The monoisotopic (exact) mass is 216 g/mol. The lowest BCUT2D eigenvalue weighted by Gasteiger charge is -2.08. The molecule has 0 saturated carbocycles. The Morgan fingerprint density at radius 1 is 1.25 bits per heavy atom. The van der Waals surface area contributed by atoms with Crippen molar-refractivity contribution in [3.05, 3.63) is 35.7 Å². The summed E-state index contributed by atoms with van der Waals surface area (Å²) < 4.78 is 2.16. The fourth-order valence-electron chi connectivity index (χ4n) is 2.01. The first-order valence-electron chi connectivity index (χ1n) is 5.64. The van der Waals surface area contributed by atoms with Crippen LogP contribution in [0, 0.1) is 13.8 Å². The minimum Gasteiger partial charge on any atom is -0.507 e. The summed E-state index contributed by atoms with van der Waals surface area (Å²) in [6.07, 6.45) is 4.19. The van der Waals surface area contributed by atoms with E-state index in [2.05, 4.69) is 36.9 Å². The number of nitrogens with zero attached hydrogens (tertiary/aromatic N) is 1. The Kier molecular flexibility index (Phi) is 2.58. The molecule has 0 aliphatic rings. The van der Waals surface area contributed by atoms with Gasteiger partial charge in [0.1, 0.15) is 5.75 Å². The van der Waals surface area contributed by atoms with Crippen LogP contribution in [-0.2, 0) is 0 Å². The highest BCUT2D eigenvalue weighted by Gasteiger charge is 2.12. The molecule has 0 unspecified atom stereocenters. The minimum atomic E-state index is 0.411. The van der Waals surface area contributed by atoms with Crippen molar-refractivity contribution in [2.45, 2.75) is 33.7 Å². The lowest BCUT2D eigenvalue weighted by atomic mass is 10.0. The number of hydrogen-bond donors (Lipinski definition) is 1. The maximum Gasteiger partial charge on any atom is 0.177 e. The zero-order chi connectivity index (χ0) is 11.9. The van der Waals surface area contributed by atoms with E-state index in [0.29, 0.717) is 11.8 Å². The smallest absolute Gasteiger partial charge is 0.177 e. The average Bonchev–Trinajstić information content (AvgIpc) is 2.25. The zero-order valence-electron chi connectivity index (χ0n) is 10.3. The van der Waals surface area contributed by atoms with E-state index in [1.807, 2.05) is 19.9 Å². The van der Waals surface area contributed by atoms with Crippen LogP contribution in [0.15, 0.2) is 24.5 Å². The highest BCUT2D eigenvalue weighted by atomic mass is 16.3. The first-order valence-corrected chi connectivity index (χ1v) is 5.64. The summed E-state index contributed by atoms with van der Waals surface area (Å²) in [7, 11) is 0. The number of benzene rings is 1. The van der Waals surface area contributed by atoms with Gasteiger partial charge in [0, 0.05) is 11.6 Å². The van der Waals surface area contributed by atoms with Gasteiger partial charge in [0.15, 0.2) is 18.4 Å². The second-order valence-electron chi connectivity index (χ2n) is 4.66. The number of fused-ring (bicyclic) bond motifs is 1. The molecule has 0 bridgehead atoms. The molecule has 0 aliphatic heterocycles. The minimum absolute atomic E-state index is 0.411. The van der Waals surface area contributed by atoms with E-state index >= 15 is 0 Å². The predicted octanol–water partition coefficient (Wildman–Crippen LogP) is 3.03. The van der Waals surface area contributed by atoms with Crippen molar-refractivity contribution in [1.82, 2.24) is 0 Å². The summed E-state index contributed by atoms with van der Waals surface area (Å²) in [5.41, 5.74) is 1.90. The van der Waals surface area contributed by atoms with Crippen LogP contribution >= 0.6 is 0 Å². The van der Waals surface area contributed by atoms with Gasteiger partial charge in [-0.05, 0) is 44.7 Å². The molecular weight excluding hydrogens is 198 g/mol. The Hall–Kier alpha value is -1.57. The molecule has 16 heavy (non-hydrogen) atoms. The van der Waals surface area contributed by atoms with Crippen molar-refractivity contribution in [3.8, 4) is 5.75 Å². The number of aromatic hydroxyl groups is 1. The van der Waals surface area contributed by atoms with Gasteiger partial charge in [-0.2, -0.15) is 0 Å². The molecule has 1 aromatic heterocycles. The van der Waals surface area contributed by atoms with E-state index in [1.54, 1.807) is 0 Å². The molecule has 1 N–H and O–H groups in total. The molecule has 1 heterocycles. The van der Waals surface area contributed by atoms with Crippen LogP contribution in [0.2, 0.25) is 0 Å². The Labute approximate surface area is 96.2 Å². The molecule has 0 aliphatic carbocycles. The quantitative estimate of drug-likeness (QED) is 0.728. The third kappa shape index (κ3) is 1.64. The fourth-order valence-corrected chi connectivity index (χ4v) is 2.01. The lowest BCUT2D eigenvalue weighted by Crippen LogP contribution is -2.35. The Morgan fingerprint density at radius 3 is 2.56 bits per heavy atom. The molecule has 0 radical (unpaired) electrons. The van der Waals surface area contributed by atoms with Crippen molar-refractivity contribution < 1.29 is 9.67 Å². The van der Waals surface area contributed by atoms with Crippen LogP contribution in [0.4, 0.5) is 0 Å². The average molecular weight is 216 g/mol. The third-order valence-corrected chi connectivity index (χ3v) is 3.12. The summed E-state index contributed by atoms with van der Waals surface area (Å²) in [4.78, 5) is 0. The summed E-state index contributed by atoms with van der Waals surface area (Å²) in [5.74, 6) is 0.411. The van der Waals surface area contributed by atoms with E-state index < -0.39 is 0 Å². The highest BCUT2D eigenvalue weighted by Crippen LogP contribution is 2.29. The van der Waals surface area contributed by atoms with Crippen LogP contribution in [0.1, 0.15) is 31.0 Å². The van der Waals surface area contributed by atoms with Crippen molar-refractivity contribution in [3.63, 3.8) is 0 Å². The number of pyridine rings is 1. The Bertz CT molecular complexity index is 544. The van der Waals surface area contributed by atoms with E-state index in [-0.39, 0.29) is 0 Å². The summed E-state index contributed by atoms with van der Waals surface area (Å²) in [6, 6.07) is 4.57. The van der Waals surface area contributed by atoms with Crippen molar-refractivity contribution in [2.75, 3.05) is 0 Å². The van der Waals surface area contributed by atoms with Gasteiger partial charge in [-0.3, -0.25) is 0 Å². The standard InChI is InChI=1S/C14H17NO/c1-9(2)15-6-5-12-7-10(3)14(16)11(4)13(12)8-15/h5-9H,1-4H3/p+1. The summed E-state index contributed by atoms with van der Waals surface area (Å²) >= 11 is 0. The molecule has 0 amide bonds. The zero-order valence-corrected chi connectivity index (χ0v) is 10.3. The molecule has 2 aromatic rings. The van der Waals surface area contributed by atoms with Gasteiger partial charge >= 0.3 is 0 Å². The Morgan fingerprint density at radius 2 is 1.94 bits per heavy atom. The van der Waals surface area contributed by atoms with Gasteiger partial charge in [-0.15, -0.1) is 0 Å². The number of hydrogen-bond acceptors (Lipinski definition) is 1. The predicted molar refractivity (Wildman–Crippen MR) is 65.7 cm³/mol. The number of aryl methyl sites for hydroxylation is 2. The Balaban J connectivity index is 2.78. The van der Waals surface area contributed by atoms with E-state index in [0.717, 1.165) is 16.5 Å². The second kappa shape index (κ2) is 3.78. The lowest BCUT2D eigenvalue weighted by molar-refractivity contribution is -0.715. The van der Waals surface area contributed by atoms with Crippen LogP contribution in [0.5, 0.6) is 5.75 Å². The molecular formula is C14H18NO+. The first-order chi connectivity index (χ1) is 7.50. The number of phenolic OH excluding ortho intramolecular Hbond substituents is 1. The molecule has 0 fully saturated rings. The van der Waals surface area contributed by atoms with Crippen molar-refractivity contribution in [2.24, 2.45) is 0 Å². The van der Waals surface area contributed by atoms with Gasteiger partial charge in [-0.1, -0.05) is 0 Å². The number of phenols is 1. The first kappa shape index (κ1) is 10.9. The highest BCUT2D eigenvalue weighted by molar-refractivity contribution is 5.87. The number of aromatic nitrogens is 1. The molecule has 84 valence electrons. The van der Waals surface area contributed by atoms with Gasteiger partial charge < -0.3 is 5.11 Å². The number of rotatable bonds is 1. The molecule has 0 spiro atoms. The largest absolute Gasteiger partial charge is 0.507 e. The normalized spacial score (nSPS) is 11.3. The summed E-state index contributed by atoms with van der Waals surface area (Å²) in [6.45, 7) is 8.20. The van der Waals surface area contributed by atoms with Crippen LogP contribution < -0.4 is 4.57 Å². The third-order valence-electron chi connectivity index (χ3n) is 3.12. The summed E-state index contributed by atoms with van der Waals surface area (Å²) in [5, 5.41) is 12.2. The maximum atomic E-state index is 9.92. The molecule has 0 atom stereocenters. The van der Waals surface area contributed by atoms with Gasteiger partial charge in [0.2, 0.25) is 0 Å². The molecule has 2 rings (SSSR count). The van der Waals surface area contributed by atoms with E-state index in [1.165, 1.54) is 5.39 Å². The van der Waals surface area contributed by atoms with Crippen LogP contribution in [0.25, 0.3) is 10.8 Å². The van der Waals surface area contributed by atoms with Crippen molar-refractivity contribution >= 4 is 10.8 Å². The van der Waals surface area contributed by atoms with E-state index in [9.17, 15) is 5.11 Å². The fraction of sp³-hybridized carbons (Fsp3) is 0.357. The molecule has 2 nitrogen and oxygen atoms in total. The SMILES string of the molecule is Cc1cc2cc[n+](C(C)C)cc2c(C)c1O. The van der Waals surface area contributed by atoms with Gasteiger partial charge in [0.25, 0.3) is 0 Å². The molecule has 1 aromatic carbocycles. The van der Waals surface area contributed by atoms with Gasteiger partial charge in [-0.25, -0.2) is 4.57 Å². The topological polar surface area (TPSA) is 24.1 Å². The van der Waals surface area contributed by atoms with Crippen LogP contribution in [0.3, 0.4) is 0 Å². The second-order valence-corrected chi connectivity index (χ2v) is 4.66. The maximum absolute atomic E-state index is 9.92. The van der Waals surface area contributed by atoms with E-state index in [4.69, 9.17) is 0 Å². The molecule has 0 saturated heterocycles. The van der Waals surface area contributed by atoms with Gasteiger partial charge in [0.05, 0.1) is 5.39 Å².